The zero-order valence-electron chi connectivity index (χ0n) is 11.1. The van der Waals surface area contributed by atoms with Gasteiger partial charge >= 0.3 is 0 Å². The Kier molecular flexibility index (Phi) is 5.67. The highest BCUT2D eigenvalue weighted by Gasteiger charge is 2.23. The molecule has 2 rings (SSSR count). The third-order valence-corrected chi connectivity index (χ3v) is 3.85. The van der Waals surface area contributed by atoms with Gasteiger partial charge in [-0.3, -0.25) is 4.79 Å². The number of rotatable bonds is 4. The molecule has 0 bridgehead atoms. The van der Waals surface area contributed by atoms with Crippen LogP contribution in [-0.4, -0.2) is 35.8 Å². The highest BCUT2D eigenvalue weighted by atomic mass is 35.5. The van der Waals surface area contributed by atoms with Crippen molar-refractivity contribution in [1.29, 1.82) is 0 Å². The summed E-state index contributed by atoms with van der Waals surface area (Å²) >= 11 is 5.77. The Morgan fingerprint density at radius 1 is 1.26 bits per heavy atom. The number of amides is 1. The predicted molar refractivity (Wildman–Crippen MR) is 78.2 cm³/mol. The van der Waals surface area contributed by atoms with E-state index in [1.807, 2.05) is 23.1 Å². The molecule has 1 N–H and O–H groups in total. The smallest absolute Gasteiger partial charge is 0.238 e. The largest absolute Gasteiger partial charge is 0.334 e. The molecule has 1 heterocycles. The van der Waals surface area contributed by atoms with Crippen LogP contribution in [0.1, 0.15) is 24.8 Å². The zero-order valence-corrected chi connectivity index (χ0v) is 11.9. The molecule has 1 amide bonds. The van der Waals surface area contributed by atoms with Crippen LogP contribution in [0.15, 0.2) is 30.3 Å². The summed E-state index contributed by atoms with van der Waals surface area (Å²) in [7, 11) is 0. The monoisotopic (exact) mass is 280 g/mol. The summed E-state index contributed by atoms with van der Waals surface area (Å²) in [6.45, 7) is 2.69. The molecule has 1 unspecified atom stereocenters. The van der Waals surface area contributed by atoms with E-state index in [9.17, 15) is 4.79 Å². The van der Waals surface area contributed by atoms with Crippen molar-refractivity contribution in [3.8, 4) is 0 Å². The maximum atomic E-state index is 12.1. The average molecular weight is 281 g/mol. The molecule has 1 atom stereocenters. The standard InChI is InChI=1S/C15H21ClN2O/c16-11-15(19)18(12-13-5-2-1-3-6-13)14-7-4-9-17-10-8-14/h1-3,5-6,14,17H,4,7-12H2. The Morgan fingerprint density at radius 2 is 2.05 bits per heavy atom. The van der Waals surface area contributed by atoms with E-state index in [1.54, 1.807) is 0 Å². The lowest BCUT2D eigenvalue weighted by Crippen LogP contribution is -2.41. The molecule has 0 saturated carbocycles. The Bertz CT molecular complexity index is 388. The lowest BCUT2D eigenvalue weighted by molar-refractivity contribution is -0.131. The number of nitrogens with zero attached hydrogens (tertiary/aromatic N) is 1. The molecule has 19 heavy (non-hydrogen) atoms. The van der Waals surface area contributed by atoms with Crippen molar-refractivity contribution < 1.29 is 4.79 Å². The van der Waals surface area contributed by atoms with Gasteiger partial charge in [0.2, 0.25) is 5.91 Å². The van der Waals surface area contributed by atoms with Gasteiger partial charge in [0.15, 0.2) is 0 Å². The minimum atomic E-state index is 0.0393. The summed E-state index contributed by atoms with van der Waals surface area (Å²) in [5.41, 5.74) is 1.16. The Labute approximate surface area is 119 Å². The van der Waals surface area contributed by atoms with Crippen LogP contribution < -0.4 is 5.32 Å². The van der Waals surface area contributed by atoms with Crippen LogP contribution in [-0.2, 0) is 11.3 Å². The van der Waals surface area contributed by atoms with Gasteiger partial charge < -0.3 is 10.2 Å². The van der Waals surface area contributed by atoms with Crippen LogP contribution in [0, 0.1) is 0 Å². The molecule has 1 fully saturated rings. The van der Waals surface area contributed by atoms with E-state index in [2.05, 4.69) is 17.4 Å². The number of benzene rings is 1. The van der Waals surface area contributed by atoms with E-state index in [4.69, 9.17) is 11.6 Å². The summed E-state index contributed by atoms with van der Waals surface area (Å²) < 4.78 is 0. The normalized spacial score (nSPS) is 19.7. The van der Waals surface area contributed by atoms with E-state index >= 15 is 0 Å². The topological polar surface area (TPSA) is 32.3 Å². The first-order valence-electron chi connectivity index (χ1n) is 6.91. The molecule has 1 aliphatic rings. The van der Waals surface area contributed by atoms with Gasteiger partial charge in [-0.1, -0.05) is 30.3 Å². The van der Waals surface area contributed by atoms with Crippen LogP contribution >= 0.6 is 11.6 Å². The zero-order chi connectivity index (χ0) is 13.5. The molecule has 1 aromatic carbocycles. The van der Waals surface area contributed by atoms with Gasteiger partial charge in [0.1, 0.15) is 5.88 Å². The second-order valence-corrected chi connectivity index (χ2v) is 5.24. The van der Waals surface area contributed by atoms with Crippen molar-refractivity contribution >= 4 is 17.5 Å². The minimum absolute atomic E-state index is 0.0393. The fourth-order valence-corrected chi connectivity index (χ4v) is 2.74. The first kappa shape index (κ1) is 14.4. The van der Waals surface area contributed by atoms with Crippen LogP contribution in [0.3, 0.4) is 0 Å². The minimum Gasteiger partial charge on any atom is -0.334 e. The van der Waals surface area contributed by atoms with E-state index in [-0.39, 0.29) is 11.8 Å². The Balaban J connectivity index is 2.08. The number of hydrogen-bond donors (Lipinski definition) is 1. The highest BCUT2D eigenvalue weighted by molar-refractivity contribution is 6.27. The fraction of sp³-hybridized carbons (Fsp3) is 0.533. The van der Waals surface area contributed by atoms with Crippen molar-refractivity contribution in [3.05, 3.63) is 35.9 Å². The van der Waals surface area contributed by atoms with Gasteiger partial charge in [0.05, 0.1) is 0 Å². The predicted octanol–water partition coefficient (Wildman–Crippen LogP) is 2.40. The first-order valence-corrected chi connectivity index (χ1v) is 7.45. The number of halogens is 1. The summed E-state index contributed by atoms with van der Waals surface area (Å²) in [4.78, 5) is 14.1. The maximum absolute atomic E-state index is 12.1. The summed E-state index contributed by atoms with van der Waals surface area (Å²) in [6, 6.07) is 10.4. The SMILES string of the molecule is O=C(CCl)N(Cc1ccccc1)C1CCCNCC1. The molecular formula is C15H21ClN2O. The van der Waals surface area contributed by atoms with Crippen molar-refractivity contribution in [2.75, 3.05) is 19.0 Å². The Hall–Kier alpha value is -1.06. The van der Waals surface area contributed by atoms with Crippen LogP contribution in [0.25, 0.3) is 0 Å². The van der Waals surface area contributed by atoms with Gasteiger partial charge in [0, 0.05) is 12.6 Å². The van der Waals surface area contributed by atoms with Gasteiger partial charge in [-0.25, -0.2) is 0 Å². The quantitative estimate of drug-likeness (QED) is 0.859. The number of nitrogens with one attached hydrogen (secondary N) is 1. The molecule has 0 aromatic heterocycles. The van der Waals surface area contributed by atoms with Gasteiger partial charge in [0.25, 0.3) is 0 Å². The van der Waals surface area contributed by atoms with E-state index in [0.717, 1.165) is 37.9 Å². The third kappa shape index (κ3) is 4.22. The second kappa shape index (κ2) is 7.51. The number of alkyl halides is 1. The molecule has 0 radical (unpaired) electrons. The molecule has 0 spiro atoms. The first-order chi connectivity index (χ1) is 9.31. The van der Waals surface area contributed by atoms with Crippen molar-refractivity contribution in [3.63, 3.8) is 0 Å². The van der Waals surface area contributed by atoms with Crippen LogP contribution in [0.4, 0.5) is 0 Å². The number of carbonyl (C=O) groups excluding carboxylic acids is 1. The molecule has 1 aliphatic heterocycles. The third-order valence-electron chi connectivity index (χ3n) is 3.62. The fourth-order valence-electron chi connectivity index (χ4n) is 2.59. The lowest BCUT2D eigenvalue weighted by Gasteiger charge is -2.30. The van der Waals surface area contributed by atoms with Gasteiger partial charge in [-0.05, 0) is 37.9 Å². The van der Waals surface area contributed by atoms with Crippen molar-refractivity contribution in [1.82, 2.24) is 10.2 Å². The summed E-state index contributed by atoms with van der Waals surface area (Å²) in [5.74, 6) is 0.106. The number of carbonyl (C=O) groups is 1. The molecule has 104 valence electrons. The number of hydrogen-bond acceptors (Lipinski definition) is 2. The van der Waals surface area contributed by atoms with Crippen molar-refractivity contribution in [2.24, 2.45) is 0 Å². The molecule has 0 aliphatic carbocycles. The van der Waals surface area contributed by atoms with Crippen LogP contribution in [0.2, 0.25) is 0 Å². The van der Waals surface area contributed by atoms with Crippen LogP contribution in [0.5, 0.6) is 0 Å². The summed E-state index contributed by atoms with van der Waals surface area (Å²) in [6.07, 6.45) is 3.18. The summed E-state index contributed by atoms with van der Waals surface area (Å²) in [5, 5.41) is 3.38. The van der Waals surface area contributed by atoms with Gasteiger partial charge in [-0.2, -0.15) is 0 Å². The van der Waals surface area contributed by atoms with E-state index < -0.39 is 0 Å². The maximum Gasteiger partial charge on any atom is 0.238 e. The molecule has 3 nitrogen and oxygen atoms in total. The molecule has 1 aromatic rings. The van der Waals surface area contributed by atoms with Crippen molar-refractivity contribution in [2.45, 2.75) is 31.8 Å². The molecule has 1 saturated heterocycles. The average Bonchev–Trinajstić information content (AvgIpc) is 2.74. The van der Waals surface area contributed by atoms with E-state index in [1.165, 1.54) is 0 Å². The molecule has 4 heteroatoms. The van der Waals surface area contributed by atoms with E-state index in [0.29, 0.717) is 12.6 Å². The highest BCUT2D eigenvalue weighted by Crippen LogP contribution is 2.17. The Morgan fingerprint density at radius 3 is 2.79 bits per heavy atom. The lowest BCUT2D eigenvalue weighted by atomic mass is 10.1. The second-order valence-electron chi connectivity index (χ2n) is 4.98. The molecular weight excluding hydrogens is 260 g/mol. The van der Waals surface area contributed by atoms with Gasteiger partial charge in [-0.15, -0.1) is 11.6 Å².